The average molecular weight is 299 g/mol. The molecule has 1 saturated heterocycles. The van der Waals surface area contributed by atoms with Crippen LogP contribution in [0.5, 0.6) is 0 Å². The van der Waals surface area contributed by atoms with Gasteiger partial charge in [0.2, 0.25) is 0 Å². The second kappa shape index (κ2) is 9.81. The van der Waals surface area contributed by atoms with Crippen molar-refractivity contribution >= 4 is 0 Å². The van der Waals surface area contributed by atoms with Crippen LogP contribution in [-0.4, -0.2) is 49.3 Å². The second-order valence-corrected chi connectivity index (χ2v) is 6.39. The molecular formula is C18H38N2O. The van der Waals surface area contributed by atoms with Crippen LogP contribution in [0.1, 0.15) is 72.6 Å². The molecule has 1 rings (SSSR count). The maximum Gasteiger partial charge on any atom is 0.0576 e. The number of rotatable bonds is 11. The minimum Gasteiger partial charge on any atom is -0.378 e. The molecule has 1 aliphatic rings. The Kier molecular flexibility index (Phi) is 8.84. The van der Waals surface area contributed by atoms with Gasteiger partial charge >= 0.3 is 0 Å². The molecule has 0 amide bonds. The van der Waals surface area contributed by atoms with Gasteiger partial charge in [-0.1, -0.05) is 27.7 Å². The lowest BCUT2D eigenvalue weighted by Gasteiger charge is -2.48. The van der Waals surface area contributed by atoms with E-state index in [2.05, 4.69) is 45.0 Å². The third-order valence-corrected chi connectivity index (χ3v) is 5.66. The van der Waals surface area contributed by atoms with Crippen LogP contribution in [0, 0.1) is 0 Å². The van der Waals surface area contributed by atoms with Crippen LogP contribution >= 0.6 is 0 Å². The number of nitrogens with one attached hydrogen (secondary N) is 1. The highest BCUT2D eigenvalue weighted by molar-refractivity contribution is 4.98. The summed E-state index contributed by atoms with van der Waals surface area (Å²) in [6.07, 6.45) is 9.27. The third-order valence-electron chi connectivity index (χ3n) is 5.66. The summed E-state index contributed by atoms with van der Waals surface area (Å²) in [5.41, 5.74) is 0.300. The van der Waals surface area contributed by atoms with Crippen LogP contribution in [0.3, 0.4) is 0 Å². The monoisotopic (exact) mass is 298 g/mol. The molecule has 2 atom stereocenters. The van der Waals surface area contributed by atoms with Gasteiger partial charge < -0.3 is 10.1 Å². The molecular weight excluding hydrogens is 260 g/mol. The quantitative estimate of drug-likeness (QED) is 0.627. The molecule has 0 aromatic rings. The molecule has 1 aliphatic heterocycles. The molecule has 3 nitrogen and oxygen atoms in total. The van der Waals surface area contributed by atoms with E-state index in [0.717, 1.165) is 19.7 Å². The van der Waals surface area contributed by atoms with E-state index in [9.17, 15) is 0 Å². The van der Waals surface area contributed by atoms with Crippen molar-refractivity contribution in [3.05, 3.63) is 0 Å². The van der Waals surface area contributed by atoms with Crippen molar-refractivity contribution in [1.29, 1.82) is 0 Å². The van der Waals surface area contributed by atoms with Crippen molar-refractivity contribution in [3.8, 4) is 0 Å². The molecule has 0 saturated carbocycles. The predicted molar refractivity (Wildman–Crippen MR) is 91.9 cm³/mol. The van der Waals surface area contributed by atoms with E-state index in [-0.39, 0.29) is 0 Å². The zero-order chi connectivity index (χ0) is 15.7. The zero-order valence-electron chi connectivity index (χ0n) is 15.1. The molecule has 1 N–H and O–H groups in total. The first kappa shape index (κ1) is 18.9. The summed E-state index contributed by atoms with van der Waals surface area (Å²) >= 11 is 0. The molecule has 21 heavy (non-hydrogen) atoms. The van der Waals surface area contributed by atoms with Gasteiger partial charge in [-0.2, -0.15) is 0 Å². The van der Waals surface area contributed by atoms with Gasteiger partial charge in [0.25, 0.3) is 0 Å². The number of hydrogen-bond donors (Lipinski definition) is 1. The summed E-state index contributed by atoms with van der Waals surface area (Å²) in [6, 6.07) is 0.578. The van der Waals surface area contributed by atoms with Gasteiger partial charge in [-0.05, 0) is 65.1 Å². The highest BCUT2D eigenvalue weighted by Gasteiger charge is 2.38. The Balaban J connectivity index is 2.62. The Morgan fingerprint density at radius 3 is 2.29 bits per heavy atom. The van der Waals surface area contributed by atoms with Gasteiger partial charge in [-0.3, -0.25) is 4.90 Å². The van der Waals surface area contributed by atoms with Crippen LogP contribution in [0.4, 0.5) is 0 Å². The fraction of sp³-hybridized carbons (Fsp3) is 1.00. The van der Waals surface area contributed by atoms with E-state index < -0.39 is 0 Å². The van der Waals surface area contributed by atoms with Gasteiger partial charge in [0.05, 0.1) is 6.10 Å². The minimum absolute atomic E-state index is 0.300. The van der Waals surface area contributed by atoms with E-state index >= 15 is 0 Å². The lowest BCUT2D eigenvalue weighted by atomic mass is 9.80. The third kappa shape index (κ3) is 4.67. The van der Waals surface area contributed by atoms with Crippen molar-refractivity contribution in [2.75, 3.05) is 26.7 Å². The first-order chi connectivity index (χ1) is 10.2. The van der Waals surface area contributed by atoms with Crippen LogP contribution < -0.4 is 5.32 Å². The first-order valence-electron chi connectivity index (χ1n) is 9.22. The van der Waals surface area contributed by atoms with Crippen molar-refractivity contribution in [2.24, 2.45) is 0 Å². The van der Waals surface area contributed by atoms with E-state index in [1.165, 1.54) is 44.9 Å². The molecule has 0 aliphatic carbocycles. The van der Waals surface area contributed by atoms with Crippen LogP contribution in [0.25, 0.3) is 0 Å². The molecule has 0 bridgehead atoms. The molecule has 2 unspecified atom stereocenters. The van der Waals surface area contributed by atoms with E-state index in [0.29, 0.717) is 17.7 Å². The Bertz CT molecular complexity index is 256. The number of ether oxygens (including phenoxy) is 1. The van der Waals surface area contributed by atoms with E-state index in [1.807, 2.05) is 0 Å². The molecule has 1 heterocycles. The van der Waals surface area contributed by atoms with E-state index in [4.69, 9.17) is 4.74 Å². The summed E-state index contributed by atoms with van der Waals surface area (Å²) in [5.74, 6) is 0. The van der Waals surface area contributed by atoms with E-state index in [1.54, 1.807) is 0 Å². The van der Waals surface area contributed by atoms with Gasteiger partial charge in [-0.15, -0.1) is 0 Å². The predicted octanol–water partition coefficient (Wildman–Crippen LogP) is 3.82. The fourth-order valence-electron chi connectivity index (χ4n) is 4.37. The number of hydrogen-bond acceptors (Lipinski definition) is 3. The molecule has 0 spiro atoms. The summed E-state index contributed by atoms with van der Waals surface area (Å²) in [4.78, 5) is 2.67. The SMILES string of the molecule is CCN(CC)C(CC)(CC)C(CCCC1CCCO1)NC. The maximum absolute atomic E-state index is 5.77. The molecule has 0 aromatic heterocycles. The summed E-state index contributed by atoms with van der Waals surface area (Å²) in [7, 11) is 2.14. The van der Waals surface area contributed by atoms with Crippen molar-refractivity contribution in [3.63, 3.8) is 0 Å². The van der Waals surface area contributed by atoms with Crippen LogP contribution in [0.2, 0.25) is 0 Å². The van der Waals surface area contributed by atoms with Gasteiger partial charge in [0.15, 0.2) is 0 Å². The smallest absolute Gasteiger partial charge is 0.0576 e. The fourth-order valence-corrected chi connectivity index (χ4v) is 4.37. The molecule has 0 aromatic carbocycles. The largest absolute Gasteiger partial charge is 0.378 e. The average Bonchev–Trinajstić information content (AvgIpc) is 3.03. The Hall–Kier alpha value is -0.120. The normalized spacial score (nSPS) is 21.1. The van der Waals surface area contributed by atoms with Crippen molar-refractivity contribution in [2.45, 2.75) is 90.3 Å². The number of likely N-dealkylation sites (N-methyl/N-ethyl adjacent to an activating group) is 2. The lowest BCUT2D eigenvalue weighted by molar-refractivity contribution is 0.0448. The second-order valence-electron chi connectivity index (χ2n) is 6.39. The maximum atomic E-state index is 5.77. The molecule has 3 heteroatoms. The van der Waals surface area contributed by atoms with Crippen LogP contribution in [-0.2, 0) is 4.74 Å². The molecule has 0 radical (unpaired) electrons. The Morgan fingerprint density at radius 2 is 1.86 bits per heavy atom. The molecule has 1 fully saturated rings. The van der Waals surface area contributed by atoms with Gasteiger partial charge in [0.1, 0.15) is 0 Å². The van der Waals surface area contributed by atoms with Gasteiger partial charge in [0, 0.05) is 18.2 Å². The Morgan fingerprint density at radius 1 is 1.19 bits per heavy atom. The lowest BCUT2D eigenvalue weighted by Crippen LogP contribution is -2.60. The van der Waals surface area contributed by atoms with Crippen molar-refractivity contribution in [1.82, 2.24) is 10.2 Å². The summed E-state index contributed by atoms with van der Waals surface area (Å²) in [5, 5.41) is 3.64. The van der Waals surface area contributed by atoms with Gasteiger partial charge in [-0.25, -0.2) is 0 Å². The topological polar surface area (TPSA) is 24.5 Å². The summed E-state index contributed by atoms with van der Waals surface area (Å²) in [6.45, 7) is 12.6. The van der Waals surface area contributed by atoms with Crippen LogP contribution in [0.15, 0.2) is 0 Å². The first-order valence-corrected chi connectivity index (χ1v) is 9.22. The molecule has 126 valence electrons. The van der Waals surface area contributed by atoms with Crippen molar-refractivity contribution < 1.29 is 4.74 Å². The summed E-state index contributed by atoms with van der Waals surface area (Å²) < 4.78 is 5.77. The zero-order valence-corrected chi connectivity index (χ0v) is 15.1. The minimum atomic E-state index is 0.300. The highest BCUT2D eigenvalue weighted by atomic mass is 16.5. The standard InChI is InChI=1S/C18H38N2O/c1-6-18(7-2,20(8-3)9-4)17(19-5)14-10-12-16-13-11-15-21-16/h16-17,19H,6-15H2,1-5H3. The Labute approximate surface area is 132 Å². The highest BCUT2D eigenvalue weighted by Crippen LogP contribution is 2.31. The number of nitrogens with zero attached hydrogens (tertiary/aromatic N) is 1.